The molecule has 3 N–H and O–H groups in total. The summed E-state index contributed by atoms with van der Waals surface area (Å²) in [6, 6.07) is 1.93. The molecule has 1 aromatic heterocycles. The van der Waals surface area contributed by atoms with Crippen LogP contribution in [0.2, 0.25) is 0 Å². The van der Waals surface area contributed by atoms with Crippen molar-refractivity contribution < 1.29 is 4.79 Å². The first kappa shape index (κ1) is 9.05. The van der Waals surface area contributed by atoms with E-state index in [9.17, 15) is 4.79 Å². The van der Waals surface area contributed by atoms with Crippen molar-refractivity contribution >= 4 is 11.7 Å². The average molecular weight is 194 g/mol. The second-order valence-electron chi connectivity index (χ2n) is 3.68. The number of nitrogens with two attached hydrogens (primary N) is 1. The molecule has 0 unspecified atom stereocenters. The number of nitrogen functional groups attached to an aromatic ring is 1. The van der Waals surface area contributed by atoms with Crippen LogP contribution in [-0.2, 0) is 7.05 Å². The Morgan fingerprint density at radius 1 is 1.71 bits per heavy atom. The third-order valence-corrected chi connectivity index (χ3v) is 2.59. The highest BCUT2D eigenvalue weighted by Crippen LogP contribution is 2.18. The van der Waals surface area contributed by atoms with Crippen LogP contribution < -0.4 is 11.1 Å². The van der Waals surface area contributed by atoms with E-state index in [2.05, 4.69) is 10.4 Å². The van der Waals surface area contributed by atoms with Gasteiger partial charge in [-0.1, -0.05) is 0 Å². The van der Waals surface area contributed by atoms with Crippen molar-refractivity contribution in [3.05, 3.63) is 11.8 Å². The zero-order valence-electron chi connectivity index (χ0n) is 8.16. The van der Waals surface area contributed by atoms with Gasteiger partial charge in [0.15, 0.2) is 5.69 Å². The average Bonchev–Trinajstić information content (AvgIpc) is 2.40. The van der Waals surface area contributed by atoms with Gasteiger partial charge >= 0.3 is 0 Å². The SMILES string of the molecule is Cn1nc(C(=O)NC2CCC2)cc1N. The summed E-state index contributed by atoms with van der Waals surface area (Å²) in [5.41, 5.74) is 5.98. The first-order valence-electron chi connectivity index (χ1n) is 4.77. The van der Waals surface area contributed by atoms with Crippen LogP contribution in [0.3, 0.4) is 0 Å². The molecule has 0 saturated heterocycles. The predicted molar refractivity (Wildman–Crippen MR) is 52.7 cm³/mol. The predicted octanol–water partition coefficient (Wildman–Crippen LogP) is 0.285. The molecule has 5 heteroatoms. The molecule has 1 fully saturated rings. The first-order chi connectivity index (χ1) is 6.66. The van der Waals surface area contributed by atoms with E-state index < -0.39 is 0 Å². The minimum atomic E-state index is -0.123. The molecule has 1 saturated carbocycles. The molecule has 0 aromatic carbocycles. The quantitative estimate of drug-likeness (QED) is 0.710. The van der Waals surface area contributed by atoms with Crippen molar-refractivity contribution in [2.45, 2.75) is 25.3 Å². The highest BCUT2D eigenvalue weighted by Gasteiger charge is 2.21. The van der Waals surface area contributed by atoms with Crippen LogP contribution in [0, 0.1) is 0 Å². The maximum absolute atomic E-state index is 11.6. The fourth-order valence-electron chi connectivity index (χ4n) is 1.40. The van der Waals surface area contributed by atoms with Crippen LogP contribution in [0.25, 0.3) is 0 Å². The van der Waals surface area contributed by atoms with Crippen LogP contribution in [-0.4, -0.2) is 21.7 Å². The number of nitrogens with one attached hydrogen (secondary N) is 1. The lowest BCUT2D eigenvalue weighted by molar-refractivity contribution is 0.0911. The normalized spacial score (nSPS) is 16.4. The van der Waals surface area contributed by atoms with Gasteiger partial charge in [0.05, 0.1) is 0 Å². The van der Waals surface area contributed by atoms with Gasteiger partial charge in [-0.15, -0.1) is 0 Å². The summed E-state index contributed by atoms with van der Waals surface area (Å²) >= 11 is 0. The lowest BCUT2D eigenvalue weighted by atomic mass is 9.93. The van der Waals surface area contributed by atoms with Gasteiger partial charge in [0, 0.05) is 19.2 Å². The Morgan fingerprint density at radius 3 is 2.86 bits per heavy atom. The van der Waals surface area contributed by atoms with Gasteiger partial charge in [0.25, 0.3) is 5.91 Å². The molecule has 1 aromatic rings. The Morgan fingerprint density at radius 2 is 2.43 bits per heavy atom. The van der Waals surface area contributed by atoms with Gasteiger partial charge in [-0.2, -0.15) is 5.10 Å². The highest BCUT2D eigenvalue weighted by molar-refractivity contribution is 5.93. The number of anilines is 1. The minimum Gasteiger partial charge on any atom is -0.384 e. The summed E-state index contributed by atoms with van der Waals surface area (Å²) in [5, 5.41) is 6.90. The van der Waals surface area contributed by atoms with E-state index in [1.165, 1.54) is 11.1 Å². The van der Waals surface area contributed by atoms with Crippen molar-refractivity contribution in [2.75, 3.05) is 5.73 Å². The lowest BCUT2D eigenvalue weighted by Gasteiger charge is -2.25. The van der Waals surface area contributed by atoms with Gasteiger partial charge in [0.2, 0.25) is 0 Å². The Hall–Kier alpha value is -1.52. The maximum Gasteiger partial charge on any atom is 0.272 e. The summed E-state index contributed by atoms with van der Waals surface area (Å²) in [4.78, 5) is 11.6. The van der Waals surface area contributed by atoms with Crippen molar-refractivity contribution in [1.82, 2.24) is 15.1 Å². The molecule has 0 aliphatic heterocycles. The fraction of sp³-hybridized carbons (Fsp3) is 0.556. The lowest BCUT2D eigenvalue weighted by Crippen LogP contribution is -2.39. The molecule has 14 heavy (non-hydrogen) atoms. The zero-order chi connectivity index (χ0) is 10.1. The largest absolute Gasteiger partial charge is 0.384 e. The third kappa shape index (κ3) is 1.57. The summed E-state index contributed by atoms with van der Waals surface area (Å²) in [6.45, 7) is 0. The molecule has 1 aliphatic rings. The zero-order valence-corrected chi connectivity index (χ0v) is 8.16. The van der Waals surface area contributed by atoms with Gasteiger partial charge in [-0.25, -0.2) is 0 Å². The van der Waals surface area contributed by atoms with E-state index >= 15 is 0 Å². The number of hydrogen-bond acceptors (Lipinski definition) is 3. The Bertz CT molecular complexity index is 334. The van der Waals surface area contributed by atoms with Gasteiger partial charge in [-0.05, 0) is 19.3 Å². The molecule has 0 radical (unpaired) electrons. The molecule has 1 heterocycles. The molecule has 76 valence electrons. The Labute approximate surface area is 82.3 Å². The summed E-state index contributed by atoms with van der Waals surface area (Å²) in [7, 11) is 1.72. The standard InChI is InChI=1S/C9H14N4O/c1-13-8(10)5-7(12-13)9(14)11-6-3-2-4-6/h5-6H,2-4,10H2,1H3,(H,11,14). The van der Waals surface area contributed by atoms with E-state index in [4.69, 9.17) is 5.73 Å². The molecule has 1 aliphatic carbocycles. The Kier molecular flexibility index (Phi) is 2.15. The molecule has 0 atom stereocenters. The maximum atomic E-state index is 11.6. The second-order valence-corrected chi connectivity index (χ2v) is 3.68. The van der Waals surface area contributed by atoms with Gasteiger partial charge in [-0.3, -0.25) is 9.48 Å². The number of carbonyl (C=O) groups is 1. The summed E-state index contributed by atoms with van der Waals surface area (Å²) in [6.07, 6.45) is 3.36. The van der Waals surface area contributed by atoms with E-state index in [0.717, 1.165) is 12.8 Å². The minimum absolute atomic E-state index is 0.123. The number of amides is 1. The van der Waals surface area contributed by atoms with Crippen LogP contribution in [0.5, 0.6) is 0 Å². The molecule has 2 rings (SSSR count). The van der Waals surface area contributed by atoms with Crippen molar-refractivity contribution in [2.24, 2.45) is 7.05 Å². The molecular weight excluding hydrogens is 180 g/mol. The summed E-state index contributed by atoms with van der Waals surface area (Å²) in [5.74, 6) is 0.380. The molecular formula is C9H14N4O. The summed E-state index contributed by atoms with van der Waals surface area (Å²) < 4.78 is 1.50. The number of aryl methyl sites for hydroxylation is 1. The van der Waals surface area contributed by atoms with E-state index in [1.54, 1.807) is 13.1 Å². The van der Waals surface area contributed by atoms with E-state index in [-0.39, 0.29) is 5.91 Å². The first-order valence-corrected chi connectivity index (χ1v) is 4.77. The number of aromatic nitrogens is 2. The number of rotatable bonds is 2. The second kappa shape index (κ2) is 3.32. The van der Waals surface area contributed by atoms with E-state index in [1.807, 2.05) is 0 Å². The number of carbonyl (C=O) groups excluding carboxylic acids is 1. The highest BCUT2D eigenvalue weighted by atomic mass is 16.2. The third-order valence-electron chi connectivity index (χ3n) is 2.59. The van der Waals surface area contributed by atoms with Crippen LogP contribution in [0.1, 0.15) is 29.8 Å². The number of nitrogens with zero attached hydrogens (tertiary/aromatic N) is 2. The Balaban J connectivity index is 2.02. The molecule has 0 bridgehead atoms. The van der Waals surface area contributed by atoms with E-state index in [0.29, 0.717) is 17.6 Å². The topological polar surface area (TPSA) is 72.9 Å². The van der Waals surface area contributed by atoms with Crippen LogP contribution in [0.15, 0.2) is 6.07 Å². The van der Waals surface area contributed by atoms with Crippen LogP contribution in [0.4, 0.5) is 5.82 Å². The monoisotopic (exact) mass is 194 g/mol. The van der Waals surface area contributed by atoms with Crippen LogP contribution >= 0.6 is 0 Å². The smallest absolute Gasteiger partial charge is 0.272 e. The molecule has 1 amide bonds. The van der Waals surface area contributed by atoms with Gasteiger partial charge < -0.3 is 11.1 Å². The molecule has 5 nitrogen and oxygen atoms in total. The van der Waals surface area contributed by atoms with Crippen molar-refractivity contribution in [3.63, 3.8) is 0 Å². The van der Waals surface area contributed by atoms with Crippen molar-refractivity contribution in [3.8, 4) is 0 Å². The van der Waals surface area contributed by atoms with Crippen molar-refractivity contribution in [1.29, 1.82) is 0 Å². The fourth-order valence-corrected chi connectivity index (χ4v) is 1.40. The van der Waals surface area contributed by atoms with Gasteiger partial charge in [0.1, 0.15) is 5.82 Å². The number of hydrogen-bond donors (Lipinski definition) is 2. The molecule has 0 spiro atoms.